The summed E-state index contributed by atoms with van der Waals surface area (Å²) in [6, 6.07) is 0.274. The number of hydrogen-bond donors (Lipinski definition) is 1. The van der Waals surface area contributed by atoms with E-state index in [-0.39, 0.29) is 18.1 Å². The molecule has 0 radical (unpaired) electrons. The molecule has 1 aliphatic carbocycles. The van der Waals surface area contributed by atoms with Gasteiger partial charge in [0.05, 0.1) is 30.5 Å². The standard InChI is InChI=1S/C11H15N3O2/c15-11(8-6-12-13-7-8)14-4-5-16-10-3-1-2-9(10)14/h6-7,9-10H,1-5H2,(H,12,13). The molecule has 3 rings (SSSR count). The fourth-order valence-electron chi connectivity index (χ4n) is 2.71. The molecular formula is C11H15N3O2. The minimum atomic E-state index is 0.0777. The highest BCUT2D eigenvalue weighted by atomic mass is 16.5. The van der Waals surface area contributed by atoms with Crippen LogP contribution in [-0.4, -0.2) is 46.3 Å². The minimum absolute atomic E-state index is 0.0777. The first-order chi connectivity index (χ1) is 7.86. The van der Waals surface area contributed by atoms with Crippen LogP contribution in [0.5, 0.6) is 0 Å². The number of carbonyl (C=O) groups is 1. The maximum atomic E-state index is 12.2. The lowest BCUT2D eigenvalue weighted by Crippen LogP contribution is -2.51. The summed E-state index contributed by atoms with van der Waals surface area (Å²) < 4.78 is 5.68. The van der Waals surface area contributed by atoms with E-state index < -0.39 is 0 Å². The van der Waals surface area contributed by atoms with Gasteiger partial charge in [-0.05, 0) is 19.3 Å². The third-order valence-electron chi connectivity index (χ3n) is 3.49. The smallest absolute Gasteiger partial charge is 0.257 e. The molecule has 5 heteroatoms. The van der Waals surface area contributed by atoms with Crippen LogP contribution >= 0.6 is 0 Å². The Bertz CT molecular complexity index is 377. The van der Waals surface area contributed by atoms with Crippen molar-refractivity contribution in [1.82, 2.24) is 15.1 Å². The van der Waals surface area contributed by atoms with Gasteiger partial charge in [-0.25, -0.2) is 0 Å². The number of carbonyl (C=O) groups excluding carboxylic acids is 1. The Balaban J connectivity index is 1.80. The SMILES string of the molecule is O=C(c1cn[nH]c1)N1CCOC2CCCC21. The Labute approximate surface area is 93.8 Å². The lowest BCUT2D eigenvalue weighted by atomic mass is 10.1. The second kappa shape index (κ2) is 3.90. The van der Waals surface area contributed by atoms with Crippen molar-refractivity contribution in [3.05, 3.63) is 18.0 Å². The van der Waals surface area contributed by atoms with Crippen LogP contribution in [0.2, 0.25) is 0 Å². The number of nitrogens with one attached hydrogen (secondary N) is 1. The van der Waals surface area contributed by atoms with Gasteiger partial charge in [-0.15, -0.1) is 0 Å². The number of hydrogen-bond acceptors (Lipinski definition) is 3. The molecule has 0 bridgehead atoms. The van der Waals surface area contributed by atoms with Gasteiger partial charge in [-0.3, -0.25) is 9.89 Å². The van der Waals surface area contributed by atoms with Gasteiger partial charge in [-0.1, -0.05) is 0 Å². The Kier molecular flexibility index (Phi) is 2.40. The zero-order valence-electron chi connectivity index (χ0n) is 9.06. The maximum Gasteiger partial charge on any atom is 0.257 e. The van der Waals surface area contributed by atoms with E-state index in [0.717, 1.165) is 19.3 Å². The van der Waals surface area contributed by atoms with Crippen LogP contribution < -0.4 is 0 Å². The van der Waals surface area contributed by atoms with Crippen LogP contribution in [0.4, 0.5) is 0 Å². The van der Waals surface area contributed by atoms with Gasteiger partial charge in [-0.2, -0.15) is 5.10 Å². The topological polar surface area (TPSA) is 58.2 Å². The molecule has 16 heavy (non-hydrogen) atoms. The average molecular weight is 221 g/mol. The fourth-order valence-corrected chi connectivity index (χ4v) is 2.71. The van der Waals surface area contributed by atoms with Crippen molar-refractivity contribution in [2.24, 2.45) is 0 Å². The first-order valence-corrected chi connectivity index (χ1v) is 5.77. The molecule has 1 saturated carbocycles. The first-order valence-electron chi connectivity index (χ1n) is 5.77. The van der Waals surface area contributed by atoms with Crippen LogP contribution in [0.1, 0.15) is 29.6 Å². The largest absolute Gasteiger partial charge is 0.374 e. The molecule has 1 aromatic heterocycles. The second-order valence-corrected chi connectivity index (χ2v) is 4.39. The predicted octanol–water partition coefficient (Wildman–Crippen LogP) is 0.803. The Hall–Kier alpha value is -1.36. The van der Waals surface area contributed by atoms with Crippen molar-refractivity contribution < 1.29 is 9.53 Å². The summed E-state index contributed by atoms with van der Waals surface area (Å²) in [7, 11) is 0. The van der Waals surface area contributed by atoms with Gasteiger partial charge in [0, 0.05) is 12.7 Å². The van der Waals surface area contributed by atoms with Gasteiger partial charge in [0.2, 0.25) is 0 Å². The van der Waals surface area contributed by atoms with Gasteiger partial charge < -0.3 is 9.64 Å². The van der Waals surface area contributed by atoms with Crippen molar-refractivity contribution in [2.45, 2.75) is 31.4 Å². The van der Waals surface area contributed by atoms with Crippen molar-refractivity contribution in [1.29, 1.82) is 0 Å². The van der Waals surface area contributed by atoms with Crippen molar-refractivity contribution in [3.63, 3.8) is 0 Å². The quantitative estimate of drug-likeness (QED) is 0.763. The minimum Gasteiger partial charge on any atom is -0.374 e. The van der Waals surface area contributed by atoms with Gasteiger partial charge in [0.1, 0.15) is 0 Å². The molecule has 1 aromatic rings. The number of H-pyrrole nitrogens is 1. The highest BCUT2D eigenvalue weighted by molar-refractivity contribution is 5.94. The Morgan fingerprint density at radius 1 is 1.56 bits per heavy atom. The number of amides is 1. The molecular weight excluding hydrogens is 206 g/mol. The second-order valence-electron chi connectivity index (χ2n) is 4.39. The molecule has 0 spiro atoms. The predicted molar refractivity (Wildman–Crippen MR) is 57.0 cm³/mol. The third kappa shape index (κ3) is 1.51. The summed E-state index contributed by atoms with van der Waals surface area (Å²) in [5.74, 6) is 0.0777. The Morgan fingerprint density at radius 2 is 2.50 bits per heavy atom. The van der Waals surface area contributed by atoms with Crippen LogP contribution in [0.25, 0.3) is 0 Å². The van der Waals surface area contributed by atoms with Crippen LogP contribution in [-0.2, 0) is 4.74 Å². The van der Waals surface area contributed by atoms with E-state index in [1.54, 1.807) is 12.4 Å². The number of ether oxygens (including phenoxy) is 1. The molecule has 2 aliphatic rings. The molecule has 1 aliphatic heterocycles. The third-order valence-corrected chi connectivity index (χ3v) is 3.49. The fraction of sp³-hybridized carbons (Fsp3) is 0.636. The zero-order valence-corrected chi connectivity index (χ0v) is 9.06. The summed E-state index contributed by atoms with van der Waals surface area (Å²) in [6.07, 6.45) is 6.80. The van der Waals surface area contributed by atoms with Crippen molar-refractivity contribution >= 4 is 5.91 Å². The van der Waals surface area contributed by atoms with E-state index in [2.05, 4.69) is 10.2 Å². The molecule has 2 unspecified atom stereocenters. The monoisotopic (exact) mass is 221 g/mol. The van der Waals surface area contributed by atoms with E-state index >= 15 is 0 Å². The zero-order chi connectivity index (χ0) is 11.0. The van der Waals surface area contributed by atoms with Crippen molar-refractivity contribution in [2.75, 3.05) is 13.2 Å². The van der Waals surface area contributed by atoms with Crippen LogP contribution in [0.15, 0.2) is 12.4 Å². The molecule has 1 saturated heterocycles. The summed E-state index contributed by atoms with van der Waals surface area (Å²) >= 11 is 0. The number of aromatic nitrogens is 2. The molecule has 1 N–H and O–H groups in total. The highest BCUT2D eigenvalue weighted by Gasteiger charge is 2.38. The van der Waals surface area contributed by atoms with E-state index in [1.165, 1.54) is 0 Å². The number of rotatable bonds is 1. The molecule has 2 heterocycles. The molecule has 86 valence electrons. The maximum absolute atomic E-state index is 12.2. The molecule has 0 aromatic carbocycles. The van der Waals surface area contributed by atoms with Gasteiger partial charge in [0.25, 0.3) is 5.91 Å². The summed E-state index contributed by atoms with van der Waals surface area (Å²) in [4.78, 5) is 14.2. The summed E-state index contributed by atoms with van der Waals surface area (Å²) in [5.41, 5.74) is 0.646. The first kappa shape index (κ1) is 9.84. The summed E-state index contributed by atoms with van der Waals surface area (Å²) in [5, 5.41) is 6.50. The van der Waals surface area contributed by atoms with Crippen LogP contribution in [0.3, 0.4) is 0 Å². The van der Waals surface area contributed by atoms with Gasteiger partial charge in [0.15, 0.2) is 0 Å². The Morgan fingerprint density at radius 3 is 3.31 bits per heavy atom. The van der Waals surface area contributed by atoms with E-state index in [1.807, 2.05) is 4.90 Å². The number of morpholine rings is 1. The van der Waals surface area contributed by atoms with Crippen molar-refractivity contribution in [3.8, 4) is 0 Å². The lowest BCUT2D eigenvalue weighted by molar-refractivity contribution is -0.0445. The van der Waals surface area contributed by atoms with E-state index in [4.69, 9.17) is 4.74 Å². The average Bonchev–Trinajstić information content (AvgIpc) is 2.98. The van der Waals surface area contributed by atoms with Gasteiger partial charge >= 0.3 is 0 Å². The molecule has 2 fully saturated rings. The molecule has 5 nitrogen and oxygen atoms in total. The summed E-state index contributed by atoms with van der Waals surface area (Å²) in [6.45, 7) is 1.36. The van der Waals surface area contributed by atoms with E-state index in [0.29, 0.717) is 18.7 Å². The highest BCUT2D eigenvalue weighted by Crippen LogP contribution is 2.30. The number of nitrogens with zero attached hydrogens (tertiary/aromatic N) is 2. The molecule has 1 amide bonds. The normalized spacial score (nSPS) is 29.1. The van der Waals surface area contributed by atoms with Crippen LogP contribution in [0, 0.1) is 0 Å². The number of aromatic amines is 1. The molecule has 2 atom stereocenters. The lowest BCUT2D eigenvalue weighted by Gasteiger charge is -2.37. The number of fused-ring (bicyclic) bond motifs is 1. The van der Waals surface area contributed by atoms with E-state index in [9.17, 15) is 4.79 Å².